The van der Waals surface area contributed by atoms with Crippen molar-refractivity contribution in [3.8, 4) is 6.07 Å². The van der Waals surface area contributed by atoms with E-state index in [1.54, 1.807) is 25.4 Å². The summed E-state index contributed by atoms with van der Waals surface area (Å²) in [5.41, 5.74) is 1.61. The molecule has 0 aliphatic rings. The van der Waals surface area contributed by atoms with Crippen molar-refractivity contribution in [2.75, 3.05) is 24.3 Å². The first kappa shape index (κ1) is 11.9. The largest absolute Gasteiger partial charge is 0.357 e. The molecule has 0 amide bonds. The van der Waals surface area contributed by atoms with E-state index in [2.05, 4.69) is 21.4 Å². The van der Waals surface area contributed by atoms with Crippen LogP contribution in [-0.2, 0) is 0 Å². The summed E-state index contributed by atoms with van der Waals surface area (Å²) in [5.74, 6) is 1.37. The second-order valence-corrected chi connectivity index (χ2v) is 3.71. The molecule has 5 heteroatoms. The number of anilines is 3. The minimum Gasteiger partial charge on any atom is -0.357 e. The zero-order chi connectivity index (χ0) is 13.0. The molecule has 1 aromatic carbocycles. The van der Waals surface area contributed by atoms with Gasteiger partial charge < -0.3 is 10.2 Å². The van der Waals surface area contributed by atoms with Crippen LogP contribution in [0.2, 0.25) is 0 Å². The summed E-state index contributed by atoms with van der Waals surface area (Å²) in [7, 11) is 3.70. The molecule has 0 radical (unpaired) electrons. The third kappa shape index (κ3) is 2.38. The SMILES string of the molecule is CNc1nccc(N(C)c2ccc(C#N)cc2)n1. The maximum Gasteiger partial charge on any atom is 0.224 e. The van der Waals surface area contributed by atoms with E-state index in [0.717, 1.165) is 11.5 Å². The Bertz CT molecular complexity index is 571. The quantitative estimate of drug-likeness (QED) is 0.889. The zero-order valence-electron chi connectivity index (χ0n) is 10.3. The van der Waals surface area contributed by atoms with Gasteiger partial charge in [-0.05, 0) is 30.3 Å². The van der Waals surface area contributed by atoms with Crippen LogP contribution in [0.1, 0.15) is 5.56 Å². The van der Waals surface area contributed by atoms with E-state index in [1.807, 2.05) is 30.1 Å². The summed E-state index contributed by atoms with van der Waals surface area (Å²) in [5, 5.41) is 11.7. The average molecular weight is 239 g/mol. The van der Waals surface area contributed by atoms with E-state index < -0.39 is 0 Å². The van der Waals surface area contributed by atoms with Crippen molar-refractivity contribution in [1.29, 1.82) is 5.26 Å². The average Bonchev–Trinajstić information content (AvgIpc) is 2.46. The third-order valence-corrected chi connectivity index (χ3v) is 2.59. The Morgan fingerprint density at radius 3 is 2.56 bits per heavy atom. The molecule has 0 spiro atoms. The highest BCUT2D eigenvalue weighted by atomic mass is 15.2. The van der Waals surface area contributed by atoms with E-state index in [9.17, 15) is 0 Å². The van der Waals surface area contributed by atoms with Crippen LogP contribution >= 0.6 is 0 Å². The highest BCUT2D eigenvalue weighted by Crippen LogP contribution is 2.22. The van der Waals surface area contributed by atoms with Crippen molar-refractivity contribution in [3.63, 3.8) is 0 Å². The molecule has 5 nitrogen and oxygen atoms in total. The minimum absolute atomic E-state index is 0.577. The Morgan fingerprint density at radius 1 is 1.22 bits per heavy atom. The lowest BCUT2D eigenvalue weighted by Crippen LogP contribution is -2.12. The summed E-state index contributed by atoms with van der Waals surface area (Å²) in [6.45, 7) is 0. The molecule has 0 aliphatic carbocycles. The summed E-state index contributed by atoms with van der Waals surface area (Å²) < 4.78 is 0. The fourth-order valence-electron chi connectivity index (χ4n) is 1.55. The maximum atomic E-state index is 8.76. The molecule has 0 saturated carbocycles. The first-order valence-corrected chi connectivity index (χ1v) is 5.49. The van der Waals surface area contributed by atoms with E-state index in [1.165, 1.54) is 0 Å². The van der Waals surface area contributed by atoms with Gasteiger partial charge in [0.1, 0.15) is 5.82 Å². The molecule has 2 aromatic rings. The van der Waals surface area contributed by atoms with Crippen molar-refractivity contribution in [1.82, 2.24) is 9.97 Å². The van der Waals surface area contributed by atoms with Crippen molar-refractivity contribution < 1.29 is 0 Å². The topological polar surface area (TPSA) is 64.8 Å². The minimum atomic E-state index is 0.577. The van der Waals surface area contributed by atoms with Gasteiger partial charge in [0, 0.05) is 26.0 Å². The zero-order valence-corrected chi connectivity index (χ0v) is 10.3. The molecule has 0 saturated heterocycles. The van der Waals surface area contributed by atoms with Gasteiger partial charge in [-0.15, -0.1) is 0 Å². The van der Waals surface area contributed by atoms with E-state index in [4.69, 9.17) is 5.26 Å². The number of hydrogen-bond donors (Lipinski definition) is 1. The third-order valence-electron chi connectivity index (χ3n) is 2.59. The molecule has 18 heavy (non-hydrogen) atoms. The number of benzene rings is 1. The van der Waals surface area contributed by atoms with E-state index >= 15 is 0 Å². The highest BCUT2D eigenvalue weighted by Gasteiger charge is 2.06. The van der Waals surface area contributed by atoms with Crippen LogP contribution in [0.15, 0.2) is 36.5 Å². The van der Waals surface area contributed by atoms with Crippen LogP contribution in [-0.4, -0.2) is 24.1 Å². The van der Waals surface area contributed by atoms with Gasteiger partial charge in [0.05, 0.1) is 11.6 Å². The molecule has 1 N–H and O–H groups in total. The molecule has 0 unspecified atom stereocenters. The van der Waals surface area contributed by atoms with Gasteiger partial charge in [-0.2, -0.15) is 10.2 Å². The predicted octanol–water partition coefficient (Wildman–Crippen LogP) is 2.16. The van der Waals surface area contributed by atoms with Gasteiger partial charge in [-0.3, -0.25) is 0 Å². The summed E-state index contributed by atoms with van der Waals surface area (Å²) in [4.78, 5) is 10.4. The van der Waals surface area contributed by atoms with Crippen LogP contribution in [0.3, 0.4) is 0 Å². The lowest BCUT2D eigenvalue weighted by molar-refractivity contribution is 1.08. The number of nitrogens with one attached hydrogen (secondary N) is 1. The maximum absolute atomic E-state index is 8.76. The monoisotopic (exact) mass is 239 g/mol. The summed E-state index contributed by atoms with van der Waals surface area (Å²) in [6, 6.07) is 11.3. The Balaban J connectivity index is 2.29. The van der Waals surface area contributed by atoms with Crippen molar-refractivity contribution in [3.05, 3.63) is 42.1 Å². The number of nitrogens with zero attached hydrogens (tertiary/aromatic N) is 4. The number of hydrogen-bond acceptors (Lipinski definition) is 5. The molecule has 1 heterocycles. The molecular weight excluding hydrogens is 226 g/mol. The van der Waals surface area contributed by atoms with Gasteiger partial charge in [0.25, 0.3) is 0 Å². The van der Waals surface area contributed by atoms with Crippen molar-refractivity contribution in [2.45, 2.75) is 0 Å². The smallest absolute Gasteiger partial charge is 0.224 e. The summed E-state index contributed by atoms with van der Waals surface area (Å²) >= 11 is 0. The van der Waals surface area contributed by atoms with Gasteiger partial charge in [0.2, 0.25) is 5.95 Å². The Hall–Kier alpha value is -2.61. The summed E-state index contributed by atoms with van der Waals surface area (Å²) in [6.07, 6.45) is 1.70. The van der Waals surface area contributed by atoms with E-state index in [-0.39, 0.29) is 0 Å². The normalized spacial score (nSPS) is 9.61. The fourth-order valence-corrected chi connectivity index (χ4v) is 1.55. The molecule has 1 aromatic heterocycles. The fraction of sp³-hybridized carbons (Fsp3) is 0.154. The molecule has 0 fully saturated rings. The van der Waals surface area contributed by atoms with Gasteiger partial charge in [0.15, 0.2) is 0 Å². The van der Waals surface area contributed by atoms with E-state index in [0.29, 0.717) is 11.5 Å². The molecular formula is C13H13N5. The first-order valence-electron chi connectivity index (χ1n) is 5.49. The molecule has 0 atom stereocenters. The number of nitriles is 1. The second-order valence-electron chi connectivity index (χ2n) is 3.71. The van der Waals surface area contributed by atoms with Crippen LogP contribution in [0.5, 0.6) is 0 Å². The Morgan fingerprint density at radius 2 is 1.94 bits per heavy atom. The second kappa shape index (κ2) is 5.15. The first-order chi connectivity index (χ1) is 8.74. The van der Waals surface area contributed by atoms with Gasteiger partial charge >= 0.3 is 0 Å². The molecule has 2 rings (SSSR count). The van der Waals surface area contributed by atoms with Crippen LogP contribution in [0.4, 0.5) is 17.5 Å². The number of rotatable bonds is 3. The Kier molecular flexibility index (Phi) is 3.39. The molecule has 90 valence electrons. The van der Waals surface area contributed by atoms with Gasteiger partial charge in [-0.25, -0.2) is 4.98 Å². The van der Waals surface area contributed by atoms with Crippen molar-refractivity contribution in [2.24, 2.45) is 0 Å². The molecule has 0 bridgehead atoms. The molecule has 0 aliphatic heterocycles. The Labute approximate surface area is 106 Å². The van der Waals surface area contributed by atoms with Crippen LogP contribution in [0, 0.1) is 11.3 Å². The van der Waals surface area contributed by atoms with Gasteiger partial charge in [-0.1, -0.05) is 0 Å². The lowest BCUT2D eigenvalue weighted by atomic mass is 10.2. The standard InChI is InChI=1S/C13H13N5/c1-15-13-16-8-7-12(17-13)18(2)11-5-3-10(9-14)4-6-11/h3-8H,1-2H3,(H,15,16,17). The van der Waals surface area contributed by atoms with Crippen molar-refractivity contribution >= 4 is 17.5 Å². The highest BCUT2D eigenvalue weighted by molar-refractivity contribution is 5.60. The van der Waals surface area contributed by atoms with Crippen LogP contribution in [0.25, 0.3) is 0 Å². The predicted molar refractivity (Wildman–Crippen MR) is 70.8 cm³/mol. The lowest BCUT2D eigenvalue weighted by Gasteiger charge is -2.18. The number of aromatic nitrogens is 2. The van der Waals surface area contributed by atoms with Crippen LogP contribution < -0.4 is 10.2 Å².